The van der Waals surface area contributed by atoms with Gasteiger partial charge in [0.15, 0.2) is 0 Å². The van der Waals surface area contributed by atoms with Gasteiger partial charge in [-0.3, -0.25) is 9.59 Å². The SMILES string of the molecule is O=C(N[C@@H]1CC[C@H](C(=O)O)C1)c1cccc(S(=O)(=O)NC2CC2)c1. The van der Waals surface area contributed by atoms with Crippen molar-refractivity contribution >= 4 is 21.9 Å². The van der Waals surface area contributed by atoms with Crippen LogP contribution in [-0.4, -0.2) is 37.5 Å². The van der Waals surface area contributed by atoms with Crippen LogP contribution in [0.1, 0.15) is 42.5 Å². The molecule has 24 heavy (non-hydrogen) atoms. The highest BCUT2D eigenvalue weighted by molar-refractivity contribution is 7.89. The number of benzene rings is 1. The molecule has 8 heteroatoms. The molecule has 0 heterocycles. The molecule has 130 valence electrons. The lowest BCUT2D eigenvalue weighted by molar-refractivity contribution is -0.141. The molecule has 1 amide bonds. The molecular formula is C16H20N2O5S. The predicted molar refractivity (Wildman–Crippen MR) is 86.0 cm³/mol. The van der Waals surface area contributed by atoms with Crippen molar-refractivity contribution in [1.82, 2.24) is 10.0 Å². The van der Waals surface area contributed by atoms with Gasteiger partial charge < -0.3 is 10.4 Å². The number of nitrogens with one attached hydrogen (secondary N) is 2. The molecule has 1 aromatic rings. The van der Waals surface area contributed by atoms with Crippen molar-refractivity contribution in [3.05, 3.63) is 29.8 Å². The number of carboxylic acids is 1. The minimum absolute atomic E-state index is 0.000997. The van der Waals surface area contributed by atoms with E-state index in [1.165, 1.54) is 18.2 Å². The number of carbonyl (C=O) groups is 2. The Morgan fingerprint density at radius 3 is 2.42 bits per heavy atom. The second-order valence-electron chi connectivity index (χ2n) is 6.44. The summed E-state index contributed by atoms with van der Waals surface area (Å²) in [6.07, 6.45) is 3.24. The number of carboxylic acid groups (broad SMARTS) is 1. The molecule has 2 aliphatic carbocycles. The Hall–Kier alpha value is -1.93. The zero-order valence-electron chi connectivity index (χ0n) is 13.1. The first-order valence-electron chi connectivity index (χ1n) is 8.01. The van der Waals surface area contributed by atoms with Gasteiger partial charge in [0.2, 0.25) is 10.0 Å². The van der Waals surface area contributed by atoms with Gasteiger partial charge in [0.05, 0.1) is 10.8 Å². The van der Waals surface area contributed by atoms with Gasteiger partial charge in [-0.2, -0.15) is 0 Å². The third-order valence-corrected chi connectivity index (χ3v) is 5.94. The van der Waals surface area contributed by atoms with Crippen molar-refractivity contribution in [2.75, 3.05) is 0 Å². The van der Waals surface area contributed by atoms with Crippen LogP contribution in [0.3, 0.4) is 0 Å². The smallest absolute Gasteiger partial charge is 0.306 e. The molecule has 0 aliphatic heterocycles. The summed E-state index contributed by atoms with van der Waals surface area (Å²) in [6, 6.07) is 5.70. The molecule has 2 fully saturated rings. The van der Waals surface area contributed by atoms with Crippen molar-refractivity contribution in [3.8, 4) is 0 Å². The van der Waals surface area contributed by atoms with Crippen molar-refractivity contribution in [3.63, 3.8) is 0 Å². The average Bonchev–Trinajstić information content (AvgIpc) is 3.21. The highest BCUT2D eigenvalue weighted by atomic mass is 32.2. The lowest BCUT2D eigenvalue weighted by atomic mass is 10.1. The Kier molecular flexibility index (Phi) is 4.60. The molecule has 7 nitrogen and oxygen atoms in total. The van der Waals surface area contributed by atoms with E-state index in [0.29, 0.717) is 19.3 Å². The molecule has 0 saturated heterocycles. The third kappa shape index (κ3) is 3.93. The van der Waals surface area contributed by atoms with E-state index in [2.05, 4.69) is 10.0 Å². The molecule has 2 saturated carbocycles. The molecule has 2 aliphatic rings. The van der Waals surface area contributed by atoms with Gasteiger partial charge in [-0.25, -0.2) is 13.1 Å². The van der Waals surface area contributed by atoms with Crippen LogP contribution >= 0.6 is 0 Å². The van der Waals surface area contributed by atoms with E-state index in [9.17, 15) is 18.0 Å². The molecule has 1 aromatic carbocycles. The molecule has 0 bridgehead atoms. The molecule has 3 rings (SSSR count). The van der Waals surface area contributed by atoms with Gasteiger partial charge in [0.25, 0.3) is 5.91 Å². The summed E-state index contributed by atoms with van der Waals surface area (Å²) >= 11 is 0. The summed E-state index contributed by atoms with van der Waals surface area (Å²) in [7, 11) is -3.61. The molecule has 0 spiro atoms. The highest BCUT2D eigenvalue weighted by Gasteiger charge is 2.31. The van der Waals surface area contributed by atoms with E-state index in [0.717, 1.165) is 12.8 Å². The quantitative estimate of drug-likeness (QED) is 0.710. The molecule has 0 unspecified atom stereocenters. The lowest BCUT2D eigenvalue weighted by Gasteiger charge is -2.13. The van der Waals surface area contributed by atoms with Crippen LogP contribution in [-0.2, 0) is 14.8 Å². The van der Waals surface area contributed by atoms with Crippen molar-refractivity contribution in [2.24, 2.45) is 5.92 Å². The zero-order chi connectivity index (χ0) is 17.3. The maximum Gasteiger partial charge on any atom is 0.306 e. The minimum Gasteiger partial charge on any atom is -0.481 e. The topological polar surface area (TPSA) is 113 Å². The number of carbonyl (C=O) groups excluding carboxylic acids is 1. The Labute approximate surface area is 140 Å². The number of rotatable bonds is 6. The van der Waals surface area contributed by atoms with E-state index < -0.39 is 21.9 Å². The van der Waals surface area contributed by atoms with Crippen LogP contribution < -0.4 is 10.0 Å². The van der Waals surface area contributed by atoms with Gasteiger partial charge in [-0.15, -0.1) is 0 Å². The summed E-state index contributed by atoms with van der Waals surface area (Å²) in [5, 5.41) is 11.8. The monoisotopic (exact) mass is 352 g/mol. The summed E-state index contributed by atoms with van der Waals surface area (Å²) in [4.78, 5) is 23.3. The fourth-order valence-corrected chi connectivity index (χ4v) is 4.25. The largest absolute Gasteiger partial charge is 0.481 e. The maximum atomic E-state index is 12.3. The third-order valence-electron chi connectivity index (χ3n) is 4.42. The first kappa shape index (κ1) is 16.9. The Bertz CT molecular complexity index is 757. The number of sulfonamides is 1. The van der Waals surface area contributed by atoms with Gasteiger partial charge in [0, 0.05) is 17.6 Å². The van der Waals surface area contributed by atoms with Gasteiger partial charge >= 0.3 is 5.97 Å². The van der Waals surface area contributed by atoms with Crippen LogP contribution in [0, 0.1) is 5.92 Å². The normalized spacial score (nSPS) is 23.8. The molecule has 2 atom stereocenters. The maximum absolute atomic E-state index is 12.3. The molecule has 0 aromatic heterocycles. The Morgan fingerprint density at radius 1 is 1.08 bits per heavy atom. The van der Waals surface area contributed by atoms with Gasteiger partial charge in [0.1, 0.15) is 0 Å². The van der Waals surface area contributed by atoms with Crippen LogP contribution in [0.4, 0.5) is 0 Å². The van der Waals surface area contributed by atoms with Crippen molar-refractivity contribution in [2.45, 2.75) is 49.1 Å². The molecule has 0 radical (unpaired) electrons. The van der Waals surface area contributed by atoms with Crippen molar-refractivity contribution in [1.29, 1.82) is 0 Å². The van der Waals surface area contributed by atoms with Crippen molar-refractivity contribution < 1.29 is 23.1 Å². The van der Waals surface area contributed by atoms with E-state index in [-0.39, 0.29) is 28.4 Å². The van der Waals surface area contributed by atoms with E-state index in [1.807, 2.05) is 0 Å². The van der Waals surface area contributed by atoms with E-state index in [4.69, 9.17) is 5.11 Å². The Morgan fingerprint density at radius 2 is 1.79 bits per heavy atom. The predicted octanol–water partition coefficient (Wildman–Crippen LogP) is 1.11. The standard InChI is InChI=1S/C16H20N2O5S/c19-15(17-13-5-4-11(8-13)16(20)21)10-2-1-3-14(9-10)24(22,23)18-12-6-7-12/h1-3,9,11-13,18H,4-8H2,(H,17,19)(H,20,21)/t11-,13+/m0/s1. The van der Waals surface area contributed by atoms with Gasteiger partial charge in [-0.1, -0.05) is 6.07 Å². The second-order valence-corrected chi connectivity index (χ2v) is 8.16. The van der Waals surface area contributed by atoms with Crippen LogP contribution in [0.2, 0.25) is 0 Å². The molecule has 3 N–H and O–H groups in total. The highest BCUT2D eigenvalue weighted by Crippen LogP contribution is 2.26. The molecular weight excluding hydrogens is 332 g/mol. The van der Waals surface area contributed by atoms with E-state index >= 15 is 0 Å². The fourth-order valence-electron chi connectivity index (χ4n) is 2.90. The van der Waals surface area contributed by atoms with Crippen LogP contribution in [0.25, 0.3) is 0 Å². The zero-order valence-corrected chi connectivity index (χ0v) is 13.9. The fraction of sp³-hybridized carbons (Fsp3) is 0.500. The van der Waals surface area contributed by atoms with Gasteiger partial charge in [-0.05, 0) is 50.3 Å². The number of aliphatic carboxylic acids is 1. The summed E-state index contributed by atoms with van der Waals surface area (Å²) in [6.45, 7) is 0. The average molecular weight is 352 g/mol. The second kappa shape index (κ2) is 6.52. The summed E-state index contributed by atoms with van der Waals surface area (Å²) < 4.78 is 27.0. The number of hydrogen-bond acceptors (Lipinski definition) is 4. The first-order chi connectivity index (χ1) is 11.3. The number of amides is 1. The number of hydrogen-bond donors (Lipinski definition) is 3. The first-order valence-corrected chi connectivity index (χ1v) is 9.49. The Balaban J connectivity index is 1.67. The van der Waals surface area contributed by atoms with Crippen LogP contribution in [0.5, 0.6) is 0 Å². The lowest BCUT2D eigenvalue weighted by Crippen LogP contribution is -2.33. The summed E-state index contributed by atoms with van der Waals surface area (Å²) in [5.41, 5.74) is 0.257. The van der Waals surface area contributed by atoms with Crippen LogP contribution in [0.15, 0.2) is 29.2 Å². The summed E-state index contributed by atoms with van der Waals surface area (Å²) in [5.74, 6) is -1.65. The van der Waals surface area contributed by atoms with E-state index in [1.54, 1.807) is 6.07 Å². The minimum atomic E-state index is -3.61.